The van der Waals surface area contributed by atoms with Gasteiger partial charge < -0.3 is 15.0 Å². The molecule has 1 saturated carbocycles. The van der Waals surface area contributed by atoms with E-state index in [9.17, 15) is 4.79 Å². The summed E-state index contributed by atoms with van der Waals surface area (Å²) >= 11 is 0. The van der Waals surface area contributed by atoms with Crippen LogP contribution in [0.4, 0.5) is 4.79 Å². The number of nitrogens with one attached hydrogen (secondary N) is 1. The van der Waals surface area contributed by atoms with Gasteiger partial charge in [-0.1, -0.05) is 0 Å². The van der Waals surface area contributed by atoms with Gasteiger partial charge in [-0.2, -0.15) is 0 Å². The summed E-state index contributed by atoms with van der Waals surface area (Å²) in [6.07, 6.45) is 6.06. The van der Waals surface area contributed by atoms with Crippen LogP contribution in [0.5, 0.6) is 0 Å². The molecule has 3 unspecified atom stereocenters. The van der Waals surface area contributed by atoms with Crippen molar-refractivity contribution in [3.05, 3.63) is 0 Å². The van der Waals surface area contributed by atoms with Crippen molar-refractivity contribution in [3.63, 3.8) is 0 Å². The Morgan fingerprint density at radius 2 is 1.87 bits per heavy atom. The molecule has 23 heavy (non-hydrogen) atoms. The van der Waals surface area contributed by atoms with E-state index in [0.717, 1.165) is 32.0 Å². The molecule has 3 atom stereocenters. The van der Waals surface area contributed by atoms with Gasteiger partial charge in [0.2, 0.25) is 0 Å². The summed E-state index contributed by atoms with van der Waals surface area (Å²) in [5, 5.41) is 3.82. The molecule has 3 aliphatic rings. The third-order valence-electron chi connectivity index (χ3n) is 5.18. The van der Waals surface area contributed by atoms with Crippen LogP contribution in [0.2, 0.25) is 0 Å². The fraction of sp³-hybridized carbons (Fsp3) is 0.944. The van der Waals surface area contributed by atoms with Gasteiger partial charge in [0.1, 0.15) is 5.60 Å². The highest BCUT2D eigenvalue weighted by atomic mass is 16.6. The van der Waals surface area contributed by atoms with Gasteiger partial charge in [0.25, 0.3) is 0 Å². The summed E-state index contributed by atoms with van der Waals surface area (Å²) in [5.74, 6) is 0. The lowest BCUT2D eigenvalue weighted by Crippen LogP contribution is -2.52. The number of ether oxygens (including phenoxy) is 1. The molecule has 3 fully saturated rings. The molecule has 132 valence electrons. The lowest BCUT2D eigenvalue weighted by molar-refractivity contribution is 0.0183. The third kappa shape index (κ3) is 4.60. The third-order valence-corrected chi connectivity index (χ3v) is 5.18. The second-order valence-corrected chi connectivity index (χ2v) is 8.64. The summed E-state index contributed by atoms with van der Waals surface area (Å²) in [4.78, 5) is 16.8. The van der Waals surface area contributed by atoms with E-state index in [-0.39, 0.29) is 6.09 Å². The number of piperidine rings is 1. The Morgan fingerprint density at radius 1 is 1.13 bits per heavy atom. The molecule has 5 heteroatoms. The molecule has 1 N–H and O–H groups in total. The molecule has 1 aliphatic carbocycles. The van der Waals surface area contributed by atoms with Crippen LogP contribution in [0.15, 0.2) is 0 Å². The fourth-order valence-electron chi connectivity index (χ4n) is 4.03. The molecular weight excluding hydrogens is 290 g/mol. The fourth-order valence-corrected chi connectivity index (χ4v) is 4.03. The number of hydrogen-bond donors (Lipinski definition) is 1. The Labute approximate surface area is 140 Å². The summed E-state index contributed by atoms with van der Waals surface area (Å²) in [7, 11) is 0. The SMILES string of the molecule is CC1CC(NC2CCCN(C(=O)OC(C)(C)C)C2)CN1C1CC1. The van der Waals surface area contributed by atoms with Crippen LogP contribution in [-0.2, 0) is 4.74 Å². The molecule has 0 aromatic heterocycles. The van der Waals surface area contributed by atoms with Crippen molar-refractivity contribution in [1.82, 2.24) is 15.1 Å². The Balaban J connectivity index is 1.48. The maximum Gasteiger partial charge on any atom is 0.410 e. The van der Waals surface area contributed by atoms with Crippen molar-refractivity contribution in [2.75, 3.05) is 19.6 Å². The number of likely N-dealkylation sites (tertiary alicyclic amines) is 2. The van der Waals surface area contributed by atoms with Crippen LogP contribution in [-0.4, -0.2) is 65.3 Å². The normalized spacial score (nSPS) is 33.0. The molecule has 0 spiro atoms. The predicted octanol–water partition coefficient (Wildman–Crippen LogP) is 2.60. The van der Waals surface area contributed by atoms with E-state index in [1.165, 1.54) is 25.8 Å². The summed E-state index contributed by atoms with van der Waals surface area (Å²) in [5.41, 5.74) is -0.414. The molecule has 5 nitrogen and oxygen atoms in total. The summed E-state index contributed by atoms with van der Waals surface area (Å²) < 4.78 is 5.52. The maximum atomic E-state index is 12.3. The highest BCUT2D eigenvalue weighted by Crippen LogP contribution is 2.33. The van der Waals surface area contributed by atoms with Gasteiger partial charge in [-0.15, -0.1) is 0 Å². The molecule has 2 saturated heterocycles. The van der Waals surface area contributed by atoms with Gasteiger partial charge in [0.05, 0.1) is 0 Å². The average Bonchev–Trinajstić information content (AvgIpc) is 3.22. The second kappa shape index (κ2) is 6.60. The van der Waals surface area contributed by atoms with Crippen molar-refractivity contribution in [1.29, 1.82) is 0 Å². The standard InChI is InChI=1S/C18H33N3O2/c1-13-10-15(12-21(13)16-7-8-16)19-14-6-5-9-20(11-14)17(22)23-18(2,3)4/h13-16,19H,5-12H2,1-4H3. The molecule has 2 heterocycles. The number of carbonyl (C=O) groups excluding carboxylic acids is 1. The second-order valence-electron chi connectivity index (χ2n) is 8.64. The zero-order valence-electron chi connectivity index (χ0n) is 15.2. The van der Waals surface area contributed by atoms with Gasteiger partial charge >= 0.3 is 6.09 Å². The number of hydrogen-bond acceptors (Lipinski definition) is 4. The van der Waals surface area contributed by atoms with Crippen LogP contribution in [0.3, 0.4) is 0 Å². The summed E-state index contributed by atoms with van der Waals surface area (Å²) in [6.45, 7) is 10.9. The molecule has 0 bridgehead atoms. The maximum absolute atomic E-state index is 12.3. The monoisotopic (exact) mass is 323 g/mol. The number of nitrogens with zero attached hydrogens (tertiary/aromatic N) is 2. The summed E-state index contributed by atoms with van der Waals surface area (Å²) in [6, 6.07) is 2.54. The van der Waals surface area contributed by atoms with Gasteiger partial charge in [-0.05, 0) is 59.8 Å². The van der Waals surface area contributed by atoms with E-state index in [1.54, 1.807) is 0 Å². The van der Waals surface area contributed by atoms with E-state index in [4.69, 9.17) is 4.74 Å². The lowest BCUT2D eigenvalue weighted by Gasteiger charge is -2.35. The minimum absolute atomic E-state index is 0.164. The molecular formula is C18H33N3O2. The zero-order chi connectivity index (χ0) is 16.6. The molecule has 2 aliphatic heterocycles. The molecule has 3 rings (SSSR count). The van der Waals surface area contributed by atoms with Gasteiger partial charge in [-0.25, -0.2) is 4.79 Å². The Morgan fingerprint density at radius 3 is 2.52 bits per heavy atom. The van der Waals surface area contributed by atoms with Crippen molar-refractivity contribution in [2.24, 2.45) is 0 Å². The Hall–Kier alpha value is -0.810. The minimum atomic E-state index is -0.414. The Bertz CT molecular complexity index is 430. The van der Waals surface area contributed by atoms with Crippen molar-refractivity contribution in [2.45, 2.75) is 89.6 Å². The molecule has 0 radical (unpaired) electrons. The quantitative estimate of drug-likeness (QED) is 0.867. The van der Waals surface area contributed by atoms with E-state index in [0.29, 0.717) is 18.1 Å². The smallest absolute Gasteiger partial charge is 0.410 e. The van der Waals surface area contributed by atoms with Crippen molar-refractivity contribution < 1.29 is 9.53 Å². The number of amides is 1. The van der Waals surface area contributed by atoms with Crippen LogP contribution in [0, 0.1) is 0 Å². The highest BCUT2D eigenvalue weighted by Gasteiger charge is 2.39. The molecule has 0 aromatic carbocycles. The minimum Gasteiger partial charge on any atom is -0.444 e. The van der Waals surface area contributed by atoms with Crippen LogP contribution in [0.1, 0.15) is 59.8 Å². The first-order valence-corrected chi connectivity index (χ1v) is 9.31. The van der Waals surface area contributed by atoms with Crippen LogP contribution >= 0.6 is 0 Å². The van der Waals surface area contributed by atoms with Crippen LogP contribution < -0.4 is 5.32 Å². The first-order valence-electron chi connectivity index (χ1n) is 9.31. The number of carbonyl (C=O) groups is 1. The topological polar surface area (TPSA) is 44.8 Å². The van der Waals surface area contributed by atoms with Crippen LogP contribution in [0.25, 0.3) is 0 Å². The van der Waals surface area contributed by atoms with Gasteiger partial charge in [-0.3, -0.25) is 4.90 Å². The van der Waals surface area contributed by atoms with Gasteiger partial charge in [0, 0.05) is 43.8 Å². The van der Waals surface area contributed by atoms with Gasteiger partial charge in [0.15, 0.2) is 0 Å². The average molecular weight is 323 g/mol. The Kier molecular flexibility index (Phi) is 4.88. The highest BCUT2D eigenvalue weighted by molar-refractivity contribution is 5.68. The van der Waals surface area contributed by atoms with E-state index in [1.807, 2.05) is 25.7 Å². The molecule has 0 aromatic rings. The predicted molar refractivity (Wildman–Crippen MR) is 91.6 cm³/mol. The molecule has 1 amide bonds. The number of rotatable bonds is 3. The first kappa shape index (κ1) is 17.0. The first-order chi connectivity index (χ1) is 10.8. The van der Waals surface area contributed by atoms with E-state index >= 15 is 0 Å². The van der Waals surface area contributed by atoms with Crippen molar-refractivity contribution in [3.8, 4) is 0 Å². The van der Waals surface area contributed by atoms with Crippen molar-refractivity contribution >= 4 is 6.09 Å². The lowest BCUT2D eigenvalue weighted by atomic mass is 10.0. The van der Waals surface area contributed by atoms with E-state index < -0.39 is 5.60 Å². The van der Waals surface area contributed by atoms with E-state index in [2.05, 4.69) is 17.1 Å². The zero-order valence-corrected chi connectivity index (χ0v) is 15.2. The largest absolute Gasteiger partial charge is 0.444 e.